The van der Waals surface area contributed by atoms with Gasteiger partial charge in [0.25, 0.3) is 0 Å². The quantitative estimate of drug-likeness (QED) is 0.566. The summed E-state index contributed by atoms with van der Waals surface area (Å²) in [5.74, 6) is 1.49. The topological polar surface area (TPSA) is 17.1 Å². The van der Waals surface area contributed by atoms with Crippen LogP contribution >= 0.6 is 0 Å². The normalized spacial score (nSPS) is 28.2. The number of rotatable bonds is 4. The molecule has 11 heavy (non-hydrogen) atoms. The number of hydrogen-bond acceptors (Lipinski definition) is 1. The van der Waals surface area contributed by atoms with Crippen LogP contribution < -0.4 is 0 Å². The first-order valence-corrected chi connectivity index (χ1v) is 4.32. The lowest BCUT2D eigenvalue weighted by Crippen LogP contribution is -2.02. The molecule has 1 rings (SSSR count). The predicted molar refractivity (Wildman–Crippen MR) is 46.3 cm³/mol. The molecule has 2 atom stereocenters. The van der Waals surface area contributed by atoms with Crippen LogP contribution in [0, 0.1) is 11.8 Å². The Balaban J connectivity index is 2.28. The molecule has 1 aliphatic rings. The molecule has 0 aliphatic heterocycles. The summed E-state index contributed by atoms with van der Waals surface area (Å²) < 4.78 is 0. The average molecular weight is 152 g/mol. The second-order valence-corrected chi connectivity index (χ2v) is 3.61. The van der Waals surface area contributed by atoms with Gasteiger partial charge < -0.3 is 0 Å². The molecule has 0 radical (unpaired) electrons. The van der Waals surface area contributed by atoms with E-state index >= 15 is 0 Å². The van der Waals surface area contributed by atoms with Crippen LogP contribution in [0.4, 0.5) is 0 Å². The van der Waals surface area contributed by atoms with Crippen LogP contribution in [0.2, 0.25) is 0 Å². The Morgan fingerprint density at radius 2 is 2.27 bits per heavy atom. The van der Waals surface area contributed by atoms with E-state index in [1.54, 1.807) is 0 Å². The van der Waals surface area contributed by atoms with Gasteiger partial charge in [-0.2, -0.15) is 0 Å². The summed E-state index contributed by atoms with van der Waals surface area (Å²) in [5, 5.41) is 0. The fourth-order valence-corrected chi connectivity index (χ4v) is 1.52. The highest BCUT2D eigenvalue weighted by Crippen LogP contribution is 2.42. The average Bonchev–Trinajstić information content (AvgIpc) is 2.63. The van der Waals surface area contributed by atoms with Crippen LogP contribution in [0.3, 0.4) is 0 Å². The van der Waals surface area contributed by atoms with Gasteiger partial charge in [0.05, 0.1) is 0 Å². The lowest BCUT2D eigenvalue weighted by Gasteiger charge is -1.96. The summed E-state index contributed by atoms with van der Waals surface area (Å²) in [6, 6.07) is 0. The molecule has 0 heterocycles. The van der Waals surface area contributed by atoms with Crippen LogP contribution in [0.5, 0.6) is 0 Å². The smallest absolute Gasteiger partial charge is 0.140 e. The van der Waals surface area contributed by atoms with Crippen molar-refractivity contribution in [1.29, 1.82) is 0 Å². The maximum absolute atomic E-state index is 11.3. The van der Waals surface area contributed by atoms with Crippen molar-refractivity contribution in [2.24, 2.45) is 11.8 Å². The molecule has 1 aliphatic carbocycles. The maximum atomic E-state index is 11.3. The summed E-state index contributed by atoms with van der Waals surface area (Å²) in [6.45, 7) is 7.80. The van der Waals surface area contributed by atoms with Crippen molar-refractivity contribution in [2.75, 3.05) is 0 Å². The Morgan fingerprint density at radius 3 is 2.64 bits per heavy atom. The van der Waals surface area contributed by atoms with Crippen molar-refractivity contribution in [1.82, 2.24) is 0 Å². The molecule has 1 fully saturated rings. The Hall–Kier alpha value is -0.590. The molecule has 0 saturated heterocycles. The summed E-state index contributed by atoms with van der Waals surface area (Å²) in [4.78, 5) is 11.3. The van der Waals surface area contributed by atoms with E-state index in [1.807, 2.05) is 6.92 Å². The number of hydrogen-bond donors (Lipinski definition) is 0. The molecule has 1 nitrogen and oxygen atoms in total. The van der Waals surface area contributed by atoms with Gasteiger partial charge >= 0.3 is 0 Å². The number of carbonyl (C=O) groups excluding carboxylic acids is 1. The van der Waals surface area contributed by atoms with Gasteiger partial charge in [0, 0.05) is 12.3 Å². The van der Waals surface area contributed by atoms with Gasteiger partial charge in [-0.15, -0.1) is 0 Å². The zero-order valence-electron chi connectivity index (χ0n) is 7.39. The number of carbonyl (C=O) groups is 1. The molecule has 0 aromatic heterocycles. The minimum Gasteiger partial charge on any atom is -0.299 e. The third-order valence-corrected chi connectivity index (χ3v) is 2.34. The Labute approximate surface area is 68.5 Å². The van der Waals surface area contributed by atoms with Crippen molar-refractivity contribution in [2.45, 2.75) is 33.1 Å². The highest BCUT2D eigenvalue weighted by molar-refractivity contribution is 5.85. The van der Waals surface area contributed by atoms with Crippen LogP contribution in [0.15, 0.2) is 12.2 Å². The molecule has 0 aromatic rings. The van der Waals surface area contributed by atoms with Gasteiger partial charge in [0.15, 0.2) is 0 Å². The van der Waals surface area contributed by atoms with E-state index in [-0.39, 0.29) is 0 Å². The van der Waals surface area contributed by atoms with Crippen LogP contribution in [-0.2, 0) is 4.79 Å². The summed E-state index contributed by atoms with van der Waals surface area (Å²) in [5.41, 5.74) is 0.997. The molecule has 0 bridgehead atoms. The maximum Gasteiger partial charge on any atom is 0.140 e. The fourth-order valence-electron chi connectivity index (χ4n) is 1.52. The predicted octanol–water partition coefficient (Wildman–Crippen LogP) is 2.57. The van der Waals surface area contributed by atoms with Crippen LogP contribution in [0.25, 0.3) is 0 Å². The molecule has 1 heteroatoms. The van der Waals surface area contributed by atoms with E-state index in [2.05, 4.69) is 13.5 Å². The second-order valence-electron chi connectivity index (χ2n) is 3.61. The van der Waals surface area contributed by atoms with E-state index < -0.39 is 0 Å². The molecule has 0 amide bonds. The first-order valence-electron chi connectivity index (χ1n) is 4.32. The summed E-state index contributed by atoms with van der Waals surface area (Å²) >= 11 is 0. The number of Topliss-reactive ketones (excluding diaryl/α,β-unsaturated/α-hetero) is 1. The highest BCUT2D eigenvalue weighted by Gasteiger charge is 2.40. The zero-order valence-corrected chi connectivity index (χ0v) is 7.39. The number of ketones is 1. The van der Waals surface area contributed by atoms with Crippen LogP contribution in [0.1, 0.15) is 33.1 Å². The van der Waals surface area contributed by atoms with E-state index in [9.17, 15) is 4.79 Å². The lowest BCUT2D eigenvalue weighted by molar-refractivity contribution is -0.119. The van der Waals surface area contributed by atoms with Gasteiger partial charge in [-0.05, 0) is 19.3 Å². The first-order chi connectivity index (χ1) is 5.15. The molecule has 2 unspecified atom stereocenters. The zero-order chi connectivity index (χ0) is 8.43. The van der Waals surface area contributed by atoms with E-state index in [4.69, 9.17) is 0 Å². The van der Waals surface area contributed by atoms with E-state index in [1.165, 1.54) is 0 Å². The highest BCUT2D eigenvalue weighted by atomic mass is 16.1. The molecule has 0 N–H and O–H groups in total. The van der Waals surface area contributed by atoms with Crippen molar-refractivity contribution in [3.8, 4) is 0 Å². The van der Waals surface area contributed by atoms with E-state index in [0.29, 0.717) is 24.0 Å². The monoisotopic (exact) mass is 152 g/mol. The molecular formula is C10H16O. The van der Waals surface area contributed by atoms with Gasteiger partial charge in [0.1, 0.15) is 5.78 Å². The lowest BCUT2D eigenvalue weighted by atomic mass is 10.1. The van der Waals surface area contributed by atoms with Gasteiger partial charge in [0.2, 0.25) is 0 Å². The molecular weight excluding hydrogens is 136 g/mol. The standard InChI is InChI=1S/C10H16O/c1-4-8-6-9(8)10(11)5-7(2)3/h8-9H,2,4-6H2,1,3H3. The molecule has 1 saturated carbocycles. The van der Waals surface area contributed by atoms with E-state index in [0.717, 1.165) is 18.4 Å². The molecule has 0 spiro atoms. The first kappa shape index (κ1) is 8.51. The van der Waals surface area contributed by atoms with Crippen molar-refractivity contribution in [3.05, 3.63) is 12.2 Å². The minimum absolute atomic E-state index is 0.386. The Morgan fingerprint density at radius 1 is 1.64 bits per heavy atom. The molecule has 62 valence electrons. The fraction of sp³-hybridized carbons (Fsp3) is 0.700. The van der Waals surface area contributed by atoms with Gasteiger partial charge in [-0.3, -0.25) is 4.79 Å². The Kier molecular flexibility index (Phi) is 2.48. The number of allylic oxidation sites excluding steroid dienone is 1. The van der Waals surface area contributed by atoms with Crippen molar-refractivity contribution in [3.63, 3.8) is 0 Å². The van der Waals surface area contributed by atoms with Crippen molar-refractivity contribution < 1.29 is 4.79 Å². The third kappa shape index (κ3) is 2.18. The summed E-state index contributed by atoms with van der Waals surface area (Å²) in [7, 11) is 0. The second kappa shape index (κ2) is 3.21. The SMILES string of the molecule is C=C(C)CC(=O)C1CC1CC. The minimum atomic E-state index is 0.386. The van der Waals surface area contributed by atoms with Crippen molar-refractivity contribution >= 4 is 5.78 Å². The molecule has 0 aromatic carbocycles. The summed E-state index contributed by atoms with van der Waals surface area (Å²) in [6.07, 6.45) is 2.89. The Bertz CT molecular complexity index is 181. The largest absolute Gasteiger partial charge is 0.299 e. The van der Waals surface area contributed by atoms with Gasteiger partial charge in [-0.25, -0.2) is 0 Å². The third-order valence-electron chi connectivity index (χ3n) is 2.34. The van der Waals surface area contributed by atoms with Crippen LogP contribution in [-0.4, -0.2) is 5.78 Å². The van der Waals surface area contributed by atoms with Gasteiger partial charge in [-0.1, -0.05) is 25.5 Å².